The van der Waals surface area contributed by atoms with Crippen molar-refractivity contribution in [1.29, 1.82) is 0 Å². The summed E-state index contributed by atoms with van der Waals surface area (Å²) in [7, 11) is 1.41. The van der Waals surface area contributed by atoms with Gasteiger partial charge in [0.05, 0.1) is 13.2 Å². The Hall–Kier alpha value is -1.03. The van der Waals surface area contributed by atoms with Crippen LogP contribution in [0.2, 0.25) is 0 Å². The zero-order valence-electron chi connectivity index (χ0n) is 20.3. The van der Waals surface area contributed by atoms with Crippen molar-refractivity contribution >= 4 is 21.9 Å². The van der Waals surface area contributed by atoms with Crippen molar-refractivity contribution in [2.45, 2.75) is 89.4 Å². The molecule has 0 N–H and O–H groups in total. The van der Waals surface area contributed by atoms with Crippen LogP contribution < -0.4 is 0 Å². The predicted molar refractivity (Wildman–Crippen MR) is 126 cm³/mol. The first-order valence-corrected chi connectivity index (χ1v) is 13.2. The third-order valence-corrected chi connectivity index (χ3v) is 9.00. The summed E-state index contributed by atoms with van der Waals surface area (Å²) >= 11 is 3.50. The molecule has 9 atom stereocenters. The van der Waals surface area contributed by atoms with E-state index in [-0.39, 0.29) is 30.3 Å². The minimum absolute atomic E-state index is 0.0666. The van der Waals surface area contributed by atoms with Gasteiger partial charge in [-0.2, -0.15) is 0 Å². The van der Waals surface area contributed by atoms with Gasteiger partial charge in [-0.3, -0.25) is 4.79 Å². The Morgan fingerprint density at radius 3 is 2.65 bits per heavy atom. The molecule has 188 valence electrons. The maximum Gasteiger partial charge on any atom is 0.305 e. The number of fused-ring (bicyclic) bond motifs is 2. The molecule has 1 saturated carbocycles. The molecule has 1 unspecified atom stereocenters. The third kappa shape index (κ3) is 4.24. The van der Waals surface area contributed by atoms with Crippen LogP contribution in [0.15, 0.2) is 28.7 Å². The number of halogens is 1. The van der Waals surface area contributed by atoms with Crippen LogP contribution in [0.5, 0.6) is 0 Å². The molecule has 5 aliphatic rings. The molecule has 5 fully saturated rings. The van der Waals surface area contributed by atoms with Crippen molar-refractivity contribution in [3.8, 4) is 0 Å². The highest BCUT2D eigenvalue weighted by atomic mass is 79.9. The molecule has 8 heteroatoms. The molecule has 1 spiro atoms. The minimum atomic E-state index is -0.821. The summed E-state index contributed by atoms with van der Waals surface area (Å²) in [4.78, 5) is 24.0. The van der Waals surface area contributed by atoms with E-state index >= 15 is 0 Å². The smallest absolute Gasteiger partial charge is 0.305 e. The molecule has 1 aliphatic carbocycles. The molecule has 7 nitrogen and oxygen atoms in total. The average molecular weight is 539 g/mol. The molecule has 1 aromatic carbocycles. The molecule has 0 radical (unpaired) electrons. The van der Waals surface area contributed by atoms with Crippen LogP contribution >= 0.6 is 15.9 Å². The molecule has 4 heterocycles. The van der Waals surface area contributed by atoms with Gasteiger partial charge in [-0.25, -0.2) is 9.78 Å². The van der Waals surface area contributed by atoms with E-state index < -0.39 is 24.0 Å². The topological polar surface area (TPSA) is 72.5 Å². The van der Waals surface area contributed by atoms with Gasteiger partial charge in [-0.05, 0) is 62.1 Å². The van der Waals surface area contributed by atoms with Crippen molar-refractivity contribution in [2.24, 2.45) is 23.7 Å². The Balaban J connectivity index is 1.42. The zero-order chi connectivity index (χ0) is 24.1. The van der Waals surface area contributed by atoms with E-state index in [0.29, 0.717) is 18.3 Å². The average Bonchev–Trinajstić information content (AvgIpc) is 3.06. The van der Waals surface area contributed by atoms with E-state index in [9.17, 15) is 4.79 Å². The maximum absolute atomic E-state index is 11.9. The number of carbonyl (C=O) groups excluding carboxylic acids is 1. The number of hydrogen-bond acceptors (Lipinski definition) is 7. The zero-order valence-corrected chi connectivity index (χ0v) is 21.9. The van der Waals surface area contributed by atoms with E-state index in [1.165, 1.54) is 7.11 Å². The number of methoxy groups -OCH3 is 1. The summed E-state index contributed by atoms with van der Waals surface area (Å²) in [6.45, 7) is 6.41. The fraction of sp³-hybridized carbons (Fsp3) is 0.731. The van der Waals surface area contributed by atoms with Gasteiger partial charge in [0, 0.05) is 29.2 Å². The molecule has 2 bridgehead atoms. The standard InChI is InChI=1S/C26H35BrO7/c1-15-5-10-20-16(2)23(31-24-26(20)19(15)13-14-25(3,32-24)33-34-26)30-21(11-12-22(28)29-4)17-6-8-18(27)9-7-17/h6-9,15-16,19-21,23-24H,5,10-14H2,1-4H3/t15-,16-,19+,20?,21+,23+,24-,25-,26-/m1/s1. The largest absolute Gasteiger partial charge is 0.469 e. The van der Waals surface area contributed by atoms with Crippen LogP contribution in [0.25, 0.3) is 0 Å². The monoisotopic (exact) mass is 538 g/mol. The van der Waals surface area contributed by atoms with Gasteiger partial charge in [0.2, 0.25) is 5.79 Å². The third-order valence-electron chi connectivity index (χ3n) is 8.48. The number of benzene rings is 1. The molecule has 0 amide bonds. The predicted octanol–water partition coefficient (Wildman–Crippen LogP) is 5.67. The normalized spacial score (nSPS) is 41.9. The fourth-order valence-corrected chi connectivity index (χ4v) is 6.80. The fourth-order valence-electron chi connectivity index (χ4n) is 6.53. The van der Waals surface area contributed by atoms with Gasteiger partial charge in [-0.15, -0.1) is 0 Å². The van der Waals surface area contributed by atoms with Crippen LogP contribution in [0.4, 0.5) is 0 Å². The first-order valence-electron chi connectivity index (χ1n) is 12.4. The van der Waals surface area contributed by atoms with Crippen LogP contribution in [0.3, 0.4) is 0 Å². The highest BCUT2D eigenvalue weighted by Crippen LogP contribution is 2.60. The lowest BCUT2D eigenvalue weighted by Crippen LogP contribution is -2.70. The highest BCUT2D eigenvalue weighted by molar-refractivity contribution is 9.10. The summed E-state index contributed by atoms with van der Waals surface area (Å²) in [5.41, 5.74) is 0.375. The summed E-state index contributed by atoms with van der Waals surface area (Å²) in [5, 5.41) is 0. The molecular weight excluding hydrogens is 504 g/mol. The molecule has 4 saturated heterocycles. The Labute approximate surface area is 209 Å². The van der Waals surface area contributed by atoms with E-state index in [0.717, 1.165) is 35.7 Å². The van der Waals surface area contributed by atoms with Gasteiger partial charge in [0.15, 0.2) is 18.2 Å². The molecule has 1 aromatic rings. The van der Waals surface area contributed by atoms with Crippen molar-refractivity contribution < 1.29 is 33.5 Å². The number of carbonyl (C=O) groups is 1. The van der Waals surface area contributed by atoms with Gasteiger partial charge < -0.3 is 18.9 Å². The summed E-state index contributed by atoms with van der Waals surface area (Å²) in [6, 6.07) is 8.00. The lowest BCUT2D eigenvalue weighted by Gasteiger charge is -2.60. The van der Waals surface area contributed by atoms with Crippen LogP contribution in [-0.4, -0.2) is 37.0 Å². The summed E-state index contributed by atoms with van der Waals surface area (Å²) in [6.07, 6.45) is 3.31. The van der Waals surface area contributed by atoms with E-state index in [4.69, 9.17) is 28.7 Å². The number of hydrogen-bond donors (Lipinski definition) is 0. The molecule has 0 aromatic heterocycles. The summed E-state index contributed by atoms with van der Waals surface area (Å²) < 4.78 is 25.5. The van der Waals surface area contributed by atoms with Crippen LogP contribution in [-0.2, 0) is 33.5 Å². The van der Waals surface area contributed by atoms with Crippen molar-refractivity contribution in [1.82, 2.24) is 0 Å². The van der Waals surface area contributed by atoms with Gasteiger partial charge in [-0.1, -0.05) is 41.9 Å². The van der Waals surface area contributed by atoms with Gasteiger partial charge in [0.1, 0.15) is 0 Å². The second kappa shape index (κ2) is 9.45. The SMILES string of the molecule is COC(=O)CC[C@H](O[C@H]1O[C@@H]2O[C@@]3(C)CC[C@H]4[C@H](C)CCC([C@H]1C)[C@@]24OO3)c1ccc(Br)cc1. The Kier molecular flexibility index (Phi) is 6.85. The van der Waals surface area contributed by atoms with Crippen molar-refractivity contribution in [2.75, 3.05) is 7.11 Å². The number of esters is 1. The second-order valence-electron chi connectivity index (χ2n) is 10.6. The summed E-state index contributed by atoms with van der Waals surface area (Å²) in [5.74, 6) is -0.00288. The molecule has 4 aliphatic heterocycles. The second-order valence-corrected chi connectivity index (χ2v) is 11.5. The Morgan fingerprint density at radius 1 is 1.15 bits per heavy atom. The Morgan fingerprint density at radius 2 is 1.91 bits per heavy atom. The quantitative estimate of drug-likeness (QED) is 0.341. The minimum Gasteiger partial charge on any atom is -0.469 e. The van der Waals surface area contributed by atoms with Gasteiger partial charge >= 0.3 is 5.97 Å². The van der Waals surface area contributed by atoms with E-state index in [2.05, 4.69) is 29.8 Å². The van der Waals surface area contributed by atoms with E-state index in [1.54, 1.807) is 0 Å². The molecular formula is C26H35BrO7. The van der Waals surface area contributed by atoms with Crippen LogP contribution in [0.1, 0.15) is 71.0 Å². The first-order chi connectivity index (χ1) is 16.3. The number of rotatable bonds is 6. The lowest BCUT2D eigenvalue weighted by atomic mass is 9.58. The van der Waals surface area contributed by atoms with Crippen LogP contribution in [0, 0.1) is 23.7 Å². The highest BCUT2D eigenvalue weighted by Gasteiger charge is 2.69. The van der Waals surface area contributed by atoms with Gasteiger partial charge in [0.25, 0.3) is 0 Å². The van der Waals surface area contributed by atoms with Crippen molar-refractivity contribution in [3.05, 3.63) is 34.3 Å². The maximum atomic E-state index is 11.9. The Bertz CT molecular complexity index is 894. The van der Waals surface area contributed by atoms with Crippen molar-refractivity contribution in [3.63, 3.8) is 0 Å². The first kappa shape index (κ1) is 24.7. The number of ether oxygens (including phenoxy) is 4. The lowest BCUT2D eigenvalue weighted by molar-refractivity contribution is -0.578. The molecule has 34 heavy (non-hydrogen) atoms. The molecule has 6 rings (SSSR count). The van der Waals surface area contributed by atoms with E-state index in [1.807, 2.05) is 31.2 Å².